The second-order valence-electron chi connectivity index (χ2n) is 5.60. The number of rotatable bonds is 1. The first-order chi connectivity index (χ1) is 8.27. The Bertz CT molecular complexity index is 239. The largest absolute Gasteiger partial charge is 0.393 e. The van der Waals surface area contributed by atoms with Crippen LogP contribution in [0, 0.1) is 5.92 Å². The molecule has 1 aliphatic heterocycles. The van der Waals surface area contributed by atoms with Crippen molar-refractivity contribution in [3.63, 3.8) is 0 Å². The maximum Gasteiger partial charge on any atom is 0.225 e. The minimum atomic E-state index is -0.184. The molecule has 0 radical (unpaired) electrons. The van der Waals surface area contributed by atoms with Gasteiger partial charge in [-0.25, -0.2) is 0 Å². The summed E-state index contributed by atoms with van der Waals surface area (Å²) in [6.07, 6.45) is 9.87. The smallest absolute Gasteiger partial charge is 0.225 e. The lowest BCUT2D eigenvalue weighted by Gasteiger charge is -2.33. The Kier molecular flexibility index (Phi) is 4.84. The molecule has 0 bridgehead atoms. The van der Waals surface area contributed by atoms with E-state index in [4.69, 9.17) is 0 Å². The van der Waals surface area contributed by atoms with Gasteiger partial charge in [-0.15, -0.1) is 0 Å². The fraction of sp³-hybridized carbons (Fsp3) is 0.929. The van der Waals surface area contributed by atoms with Gasteiger partial charge in [-0.2, -0.15) is 0 Å². The van der Waals surface area contributed by atoms with Gasteiger partial charge < -0.3 is 10.0 Å². The summed E-state index contributed by atoms with van der Waals surface area (Å²) in [5.41, 5.74) is 0. The average molecular weight is 239 g/mol. The van der Waals surface area contributed by atoms with E-state index in [0.29, 0.717) is 5.91 Å². The quantitative estimate of drug-likeness (QED) is 0.763. The molecule has 0 aromatic carbocycles. The Morgan fingerprint density at radius 1 is 0.882 bits per heavy atom. The van der Waals surface area contributed by atoms with Crippen molar-refractivity contribution < 1.29 is 9.90 Å². The third-order valence-electron chi connectivity index (χ3n) is 4.23. The first-order valence-electron chi connectivity index (χ1n) is 7.24. The van der Waals surface area contributed by atoms with Crippen LogP contribution in [0.2, 0.25) is 0 Å². The van der Waals surface area contributed by atoms with Crippen LogP contribution in [0.4, 0.5) is 0 Å². The molecule has 1 saturated heterocycles. The number of carbonyl (C=O) groups excluding carboxylic acids is 1. The lowest BCUT2D eigenvalue weighted by Crippen LogP contribution is -2.43. The summed E-state index contributed by atoms with van der Waals surface area (Å²) in [5, 5.41) is 9.46. The van der Waals surface area contributed by atoms with Crippen molar-refractivity contribution in [1.29, 1.82) is 0 Å². The molecule has 0 atom stereocenters. The molecular weight excluding hydrogens is 214 g/mol. The first-order valence-corrected chi connectivity index (χ1v) is 7.24. The van der Waals surface area contributed by atoms with Crippen molar-refractivity contribution in [2.45, 2.75) is 63.9 Å². The van der Waals surface area contributed by atoms with Crippen molar-refractivity contribution in [3.8, 4) is 0 Å². The van der Waals surface area contributed by atoms with Gasteiger partial charge in [-0.3, -0.25) is 4.79 Å². The van der Waals surface area contributed by atoms with Crippen molar-refractivity contribution >= 4 is 5.91 Å². The van der Waals surface area contributed by atoms with Gasteiger partial charge in [0.2, 0.25) is 5.91 Å². The predicted molar refractivity (Wildman–Crippen MR) is 67.6 cm³/mol. The first kappa shape index (κ1) is 12.9. The predicted octanol–water partition coefficient (Wildman–Crippen LogP) is 2.33. The minimum absolute atomic E-state index is 0.184. The van der Waals surface area contributed by atoms with Crippen LogP contribution in [-0.2, 0) is 4.79 Å². The van der Waals surface area contributed by atoms with E-state index in [9.17, 15) is 9.90 Å². The molecular formula is C14H25NO2. The molecule has 1 saturated carbocycles. The van der Waals surface area contributed by atoms with Gasteiger partial charge >= 0.3 is 0 Å². The summed E-state index contributed by atoms with van der Waals surface area (Å²) in [5.74, 6) is 0.629. The van der Waals surface area contributed by atoms with Crippen LogP contribution >= 0.6 is 0 Å². The van der Waals surface area contributed by atoms with E-state index >= 15 is 0 Å². The Morgan fingerprint density at radius 3 is 2.00 bits per heavy atom. The topological polar surface area (TPSA) is 40.5 Å². The maximum absolute atomic E-state index is 12.4. The molecule has 0 unspecified atom stereocenters. The summed E-state index contributed by atoms with van der Waals surface area (Å²) in [6, 6.07) is 0. The molecule has 2 rings (SSSR count). The molecule has 0 spiro atoms. The number of amides is 1. The second-order valence-corrected chi connectivity index (χ2v) is 5.60. The highest BCUT2D eigenvalue weighted by molar-refractivity contribution is 5.78. The van der Waals surface area contributed by atoms with Crippen LogP contribution in [0.25, 0.3) is 0 Å². The summed E-state index contributed by atoms with van der Waals surface area (Å²) >= 11 is 0. The number of aliphatic hydroxyl groups is 1. The zero-order valence-corrected chi connectivity index (χ0v) is 10.7. The monoisotopic (exact) mass is 239 g/mol. The standard InChI is InChI=1S/C14H25NO2/c16-13-8-10-15(11-9-13)14(17)12-6-4-2-1-3-5-7-12/h12-13,16H,1-11H2. The summed E-state index contributed by atoms with van der Waals surface area (Å²) < 4.78 is 0. The highest BCUT2D eigenvalue weighted by Crippen LogP contribution is 2.25. The van der Waals surface area contributed by atoms with E-state index in [0.717, 1.165) is 38.8 Å². The zero-order valence-electron chi connectivity index (χ0n) is 10.7. The summed E-state index contributed by atoms with van der Waals surface area (Å²) in [4.78, 5) is 14.4. The Balaban J connectivity index is 1.84. The van der Waals surface area contributed by atoms with Crippen molar-refractivity contribution in [2.24, 2.45) is 5.92 Å². The lowest BCUT2D eigenvalue weighted by molar-refractivity contribution is -0.138. The molecule has 1 heterocycles. The highest BCUT2D eigenvalue weighted by atomic mass is 16.3. The van der Waals surface area contributed by atoms with Crippen molar-refractivity contribution in [3.05, 3.63) is 0 Å². The van der Waals surface area contributed by atoms with E-state index in [1.165, 1.54) is 32.1 Å². The molecule has 98 valence electrons. The maximum atomic E-state index is 12.4. The van der Waals surface area contributed by atoms with E-state index in [2.05, 4.69) is 0 Å². The van der Waals surface area contributed by atoms with Crippen molar-refractivity contribution in [1.82, 2.24) is 4.90 Å². The van der Waals surface area contributed by atoms with E-state index < -0.39 is 0 Å². The fourth-order valence-electron chi connectivity index (χ4n) is 3.05. The number of nitrogens with zero attached hydrogens (tertiary/aromatic N) is 1. The van der Waals surface area contributed by atoms with Gasteiger partial charge in [0, 0.05) is 19.0 Å². The number of aliphatic hydroxyl groups excluding tert-OH is 1. The minimum Gasteiger partial charge on any atom is -0.393 e. The Hall–Kier alpha value is -0.570. The molecule has 1 N–H and O–H groups in total. The van der Waals surface area contributed by atoms with Gasteiger partial charge in [0.25, 0.3) is 0 Å². The lowest BCUT2D eigenvalue weighted by atomic mass is 9.89. The van der Waals surface area contributed by atoms with Crippen LogP contribution in [0.15, 0.2) is 0 Å². The van der Waals surface area contributed by atoms with Crippen LogP contribution in [-0.4, -0.2) is 35.1 Å². The average Bonchev–Trinajstić information content (AvgIpc) is 2.29. The molecule has 0 aromatic rings. The molecule has 1 aliphatic carbocycles. The molecule has 17 heavy (non-hydrogen) atoms. The number of carbonyl (C=O) groups is 1. The SMILES string of the molecule is O=C(C1CCCCCCC1)N1CCC(O)CC1. The number of piperidine rings is 1. The number of hydrogen-bond donors (Lipinski definition) is 1. The summed E-state index contributed by atoms with van der Waals surface area (Å²) in [6.45, 7) is 1.52. The van der Waals surface area contributed by atoms with Gasteiger partial charge in [0.15, 0.2) is 0 Å². The Morgan fingerprint density at radius 2 is 1.41 bits per heavy atom. The van der Waals surface area contributed by atoms with Gasteiger partial charge in [0.1, 0.15) is 0 Å². The van der Waals surface area contributed by atoms with Gasteiger partial charge in [-0.1, -0.05) is 32.1 Å². The van der Waals surface area contributed by atoms with Crippen LogP contribution in [0.5, 0.6) is 0 Å². The Labute approximate surface area is 104 Å². The zero-order chi connectivity index (χ0) is 12.1. The van der Waals surface area contributed by atoms with E-state index in [1.54, 1.807) is 0 Å². The number of hydrogen-bond acceptors (Lipinski definition) is 2. The molecule has 0 aromatic heterocycles. The number of likely N-dealkylation sites (tertiary alicyclic amines) is 1. The van der Waals surface area contributed by atoms with Crippen molar-refractivity contribution in [2.75, 3.05) is 13.1 Å². The van der Waals surface area contributed by atoms with Gasteiger partial charge in [0.05, 0.1) is 6.10 Å². The molecule has 1 amide bonds. The third kappa shape index (κ3) is 3.70. The highest BCUT2D eigenvalue weighted by Gasteiger charge is 2.27. The van der Waals surface area contributed by atoms with Crippen LogP contribution < -0.4 is 0 Å². The molecule has 2 fully saturated rings. The fourth-order valence-corrected chi connectivity index (χ4v) is 3.05. The van der Waals surface area contributed by atoms with E-state index in [1.807, 2.05) is 4.90 Å². The molecule has 2 aliphatic rings. The normalized spacial score (nSPS) is 25.4. The van der Waals surface area contributed by atoms with Crippen LogP contribution in [0.3, 0.4) is 0 Å². The molecule has 3 nitrogen and oxygen atoms in total. The van der Waals surface area contributed by atoms with Crippen LogP contribution in [0.1, 0.15) is 57.8 Å². The second kappa shape index (κ2) is 6.39. The van der Waals surface area contributed by atoms with Gasteiger partial charge in [-0.05, 0) is 25.7 Å². The summed E-state index contributed by atoms with van der Waals surface area (Å²) in [7, 11) is 0. The third-order valence-corrected chi connectivity index (χ3v) is 4.23. The molecule has 3 heteroatoms. The van der Waals surface area contributed by atoms with E-state index in [-0.39, 0.29) is 12.0 Å².